The minimum Gasteiger partial charge on any atom is -0.351 e. The van der Waals surface area contributed by atoms with E-state index in [1.807, 2.05) is 10.6 Å². The molecule has 0 aliphatic rings. The zero-order valence-corrected chi connectivity index (χ0v) is 10.9. The number of urea groups is 2. The number of carbonyl (C=O) groups is 4. The van der Waals surface area contributed by atoms with Gasteiger partial charge in [-0.05, 0) is 12.3 Å². The second-order valence-electron chi connectivity index (χ2n) is 4.26. The van der Waals surface area contributed by atoms with Gasteiger partial charge in [-0.2, -0.15) is 0 Å². The van der Waals surface area contributed by atoms with Crippen molar-refractivity contribution in [2.45, 2.75) is 20.3 Å². The van der Waals surface area contributed by atoms with Gasteiger partial charge in [0.15, 0.2) is 0 Å². The largest absolute Gasteiger partial charge is 0.351 e. The van der Waals surface area contributed by atoms with Gasteiger partial charge < -0.3 is 11.5 Å². The third-order valence-electron chi connectivity index (χ3n) is 2.74. The SMILES string of the molecule is C=CCC(C(=O)NC(N)=O)(C(=O)NC(N)=O)C(C)C. The molecular weight excluding hydrogens is 252 g/mol. The summed E-state index contributed by atoms with van der Waals surface area (Å²) in [6.07, 6.45) is 1.25. The third-order valence-corrected chi connectivity index (χ3v) is 2.74. The maximum atomic E-state index is 12.1. The van der Waals surface area contributed by atoms with E-state index in [-0.39, 0.29) is 6.42 Å². The van der Waals surface area contributed by atoms with Crippen LogP contribution in [0.25, 0.3) is 0 Å². The van der Waals surface area contributed by atoms with E-state index < -0.39 is 35.2 Å². The van der Waals surface area contributed by atoms with Gasteiger partial charge in [0.1, 0.15) is 5.41 Å². The smallest absolute Gasteiger partial charge is 0.318 e. The van der Waals surface area contributed by atoms with Crippen LogP contribution in [0, 0.1) is 11.3 Å². The molecule has 0 saturated carbocycles. The Balaban J connectivity index is 5.59. The molecule has 0 aromatic carbocycles. The van der Waals surface area contributed by atoms with Gasteiger partial charge >= 0.3 is 12.1 Å². The Morgan fingerprint density at radius 1 is 1.11 bits per heavy atom. The molecule has 0 saturated heterocycles. The van der Waals surface area contributed by atoms with Crippen molar-refractivity contribution in [3.8, 4) is 0 Å². The third kappa shape index (κ3) is 3.80. The van der Waals surface area contributed by atoms with Crippen molar-refractivity contribution >= 4 is 23.9 Å². The lowest BCUT2D eigenvalue weighted by atomic mass is 9.72. The summed E-state index contributed by atoms with van der Waals surface area (Å²) in [6, 6.07) is -2.18. The van der Waals surface area contributed by atoms with Crippen LogP contribution in [0.5, 0.6) is 0 Å². The minimum atomic E-state index is -1.69. The highest BCUT2D eigenvalue weighted by atomic mass is 16.2. The number of nitrogens with one attached hydrogen (secondary N) is 2. The molecule has 0 fully saturated rings. The quantitative estimate of drug-likeness (QED) is 0.397. The van der Waals surface area contributed by atoms with Crippen LogP contribution in [0.3, 0.4) is 0 Å². The van der Waals surface area contributed by atoms with Crippen molar-refractivity contribution in [2.75, 3.05) is 0 Å². The van der Waals surface area contributed by atoms with Crippen molar-refractivity contribution in [1.82, 2.24) is 10.6 Å². The van der Waals surface area contributed by atoms with Crippen LogP contribution in [0.1, 0.15) is 20.3 Å². The summed E-state index contributed by atoms with van der Waals surface area (Å²) >= 11 is 0. The summed E-state index contributed by atoms with van der Waals surface area (Å²) in [5.74, 6) is -2.34. The number of rotatable bonds is 5. The molecule has 6 N–H and O–H groups in total. The lowest BCUT2D eigenvalue weighted by Crippen LogP contribution is -2.57. The molecule has 0 aliphatic carbocycles. The predicted molar refractivity (Wildman–Crippen MR) is 67.5 cm³/mol. The van der Waals surface area contributed by atoms with Crippen molar-refractivity contribution in [1.29, 1.82) is 0 Å². The molecule has 0 spiro atoms. The molecule has 6 amide bonds. The molecule has 19 heavy (non-hydrogen) atoms. The summed E-state index contributed by atoms with van der Waals surface area (Å²) in [5.41, 5.74) is 8.05. The fraction of sp³-hybridized carbons (Fsp3) is 0.455. The van der Waals surface area contributed by atoms with Crippen LogP contribution in [0.15, 0.2) is 12.7 Å². The highest BCUT2D eigenvalue weighted by Gasteiger charge is 2.48. The maximum Gasteiger partial charge on any atom is 0.318 e. The van der Waals surface area contributed by atoms with Crippen LogP contribution >= 0.6 is 0 Å². The van der Waals surface area contributed by atoms with Crippen LogP contribution in [-0.2, 0) is 9.59 Å². The van der Waals surface area contributed by atoms with Crippen LogP contribution < -0.4 is 22.1 Å². The lowest BCUT2D eigenvalue weighted by molar-refractivity contribution is -0.145. The van der Waals surface area contributed by atoms with E-state index >= 15 is 0 Å². The average molecular weight is 270 g/mol. The molecule has 8 nitrogen and oxygen atoms in total. The van der Waals surface area contributed by atoms with Gasteiger partial charge in [-0.25, -0.2) is 9.59 Å². The lowest BCUT2D eigenvalue weighted by Gasteiger charge is -2.32. The van der Waals surface area contributed by atoms with Gasteiger partial charge in [0.25, 0.3) is 0 Å². The molecule has 8 heteroatoms. The highest BCUT2D eigenvalue weighted by Crippen LogP contribution is 2.33. The molecule has 0 heterocycles. The summed E-state index contributed by atoms with van der Waals surface area (Å²) in [7, 11) is 0. The first-order chi connectivity index (χ1) is 8.68. The fourth-order valence-electron chi connectivity index (χ4n) is 1.72. The number of primary amides is 2. The Labute approximate surface area is 110 Å². The topological polar surface area (TPSA) is 144 Å². The van der Waals surface area contributed by atoms with Gasteiger partial charge in [0.2, 0.25) is 11.8 Å². The zero-order chi connectivity index (χ0) is 15.2. The van der Waals surface area contributed by atoms with E-state index in [0.717, 1.165) is 0 Å². The number of hydrogen-bond acceptors (Lipinski definition) is 4. The normalized spacial score (nSPS) is 10.7. The molecule has 106 valence electrons. The van der Waals surface area contributed by atoms with Crippen LogP contribution in [0.4, 0.5) is 9.59 Å². The molecular formula is C11H18N4O4. The van der Waals surface area contributed by atoms with E-state index in [1.165, 1.54) is 6.08 Å². The number of hydrogen-bond donors (Lipinski definition) is 4. The van der Waals surface area contributed by atoms with Crippen molar-refractivity contribution in [3.63, 3.8) is 0 Å². The molecule has 0 unspecified atom stereocenters. The number of nitrogens with two attached hydrogens (primary N) is 2. The highest BCUT2D eigenvalue weighted by molar-refractivity contribution is 6.13. The Hall–Kier alpha value is -2.38. The van der Waals surface area contributed by atoms with Gasteiger partial charge in [0, 0.05) is 0 Å². The standard InChI is InChI=1S/C11H18N4O4/c1-4-5-11(6(2)3,7(16)14-9(12)18)8(17)15-10(13)19/h4,6H,1,5H2,2-3H3,(H3,12,14,16,18)(H3,13,15,17,19). The Bertz CT molecular complexity index is 389. The molecule has 0 radical (unpaired) electrons. The van der Waals surface area contributed by atoms with Gasteiger partial charge in [-0.1, -0.05) is 19.9 Å². The summed E-state index contributed by atoms with van der Waals surface area (Å²) in [6.45, 7) is 6.63. The van der Waals surface area contributed by atoms with Crippen molar-refractivity contribution in [3.05, 3.63) is 12.7 Å². The molecule has 0 aromatic heterocycles. The van der Waals surface area contributed by atoms with E-state index in [9.17, 15) is 19.2 Å². The monoisotopic (exact) mass is 270 g/mol. The maximum absolute atomic E-state index is 12.1. The van der Waals surface area contributed by atoms with E-state index in [1.54, 1.807) is 13.8 Å². The summed E-state index contributed by atoms with van der Waals surface area (Å²) in [5, 5.41) is 3.69. The second kappa shape index (κ2) is 6.53. The van der Waals surface area contributed by atoms with Crippen molar-refractivity contribution < 1.29 is 19.2 Å². The molecule has 0 aliphatic heterocycles. The Kier molecular flexibility index (Phi) is 5.71. The predicted octanol–water partition coefficient (Wildman–Crippen LogP) is -0.405. The first kappa shape index (κ1) is 16.6. The van der Waals surface area contributed by atoms with Crippen molar-refractivity contribution in [2.24, 2.45) is 22.8 Å². The van der Waals surface area contributed by atoms with Gasteiger partial charge in [-0.3, -0.25) is 20.2 Å². The number of allylic oxidation sites excluding steroid dienone is 1. The number of carbonyl (C=O) groups excluding carboxylic acids is 4. The summed E-state index contributed by atoms with van der Waals surface area (Å²) < 4.78 is 0. The molecule has 0 rings (SSSR count). The van der Waals surface area contributed by atoms with Crippen LogP contribution in [-0.4, -0.2) is 23.9 Å². The Morgan fingerprint density at radius 3 is 1.68 bits per heavy atom. The molecule has 0 atom stereocenters. The van der Waals surface area contributed by atoms with Crippen LogP contribution in [0.2, 0.25) is 0 Å². The fourth-order valence-corrected chi connectivity index (χ4v) is 1.72. The van der Waals surface area contributed by atoms with E-state index in [0.29, 0.717) is 0 Å². The first-order valence-corrected chi connectivity index (χ1v) is 5.51. The van der Waals surface area contributed by atoms with E-state index in [2.05, 4.69) is 6.58 Å². The number of amides is 6. The first-order valence-electron chi connectivity index (χ1n) is 5.51. The summed E-state index contributed by atoms with van der Waals surface area (Å²) in [4.78, 5) is 45.7. The van der Waals surface area contributed by atoms with Gasteiger partial charge in [-0.15, -0.1) is 6.58 Å². The molecule has 0 aromatic rings. The van der Waals surface area contributed by atoms with E-state index in [4.69, 9.17) is 11.5 Å². The average Bonchev–Trinajstić information content (AvgIpc) is 2.22. The van der Waals surface area contributed by atoms with Gasteiger partial charge in [0.05, 0.1) is 0 Å². The number of imide groups is 2. The Morgan fingerprint density at radius 2 is 1.47 bits per heavy atom. The zero-order valence-electron chi connectivity index (χ0n) is 10.9. The minimum absolute atomic E-state index is 0.0805. The second-order valence-corrected chi connectivity index (χ2v) is 4.26. The molecule has 0 bridgehead atoms.